The lowest BCUT2D eigenvalue weighted by molar-refractivity contribution is 0.0899. The van der Waals surface area contributed by atoms with Crippen LogP contribution in [0.4, 0.5) is 0 Å². The Balaban J connectivity index is 1.97. The Morgan fingerprint density at radius 1 is 1.26 bits per heavy atom. The van der Waals surface area contributed by atoms with Gasteiger partial charge in [-0.3, -0.25) is 9.69 Å². The molecule has 19 heavy (non-hydrogen) atoms. The van der Waals surface area contributed by atoms with E-state index in [0.717, 1.165) is 17.9 Å². The molecule has 0 radical (unpaired) electrons. The van der Waals surface area contributed by atoms with E-state index in [0.29, 0.717) is 12.6 Å². The molecule has 0 aromatic heterocycles. The molecule has 1 aromatic rings. The average Bonchev–Trinajstić information content (AvgIpc) is 2.98. The first-order valence-corrected chi connectivity index (χ1v) is 7.16. The minimum Gasteiger partial charge on any atom is -0.497 e. The monoisotopic (exact) mass is 261 g/mol. The van der Waals surface area contributed by atoms with Gasteiger partial charge in [0.05, 0.1) is 13.7 Å². The number of hydrogen-bond acceptors (Lipinski definition) is 3. The molecule has 0 bridgehead atoms. The van der Waals surface area contributed by atoms with Crippen LogP contribution in [0.1, 0.15) is 43.0 Å². The zero-order chi connectivity index (χ0) is 13.7. The van der Waals surface area contributed by atoms with Crippen LogP contribution in [-0.2, 0) is 0 Å². The molecule has 3 nitrogen and oxygen atoms in total. The third-order valence-electron chi connectivity index (χ3n) is 4.01. The fourth-order valence-electron chi connectivity index (χ4n) is 2.82. The van der Waals surface area contributed by atoms with Crippen LogP contribution in [0.5, 0.6) is 5.75 Å². The largest absolute Gasteiger partial charge is 0.497 e. The zero-order valence-electron chi connectivity index (χ0n) is 11.9. The molecular weight excluding hydrogens is 238 g/mol. The summed E-state index contributed by atoms with van der Waals surface area (Å²) < 4.78 is 5.11. The second-order valence-corrected chi connectivity index (χ2v) is 5.15. The lowest BCUT2D eigenvalue weighted by Gasteiger charge is -2.26. The van der Waals surface area contributed by atoms with Crippen molar-refractivity contribution in [3.8, 4) is 5.75 Å². The Kier molecular flexibility index (Phi) is 4.97. The minimum absolute atomic E-state index is 0.205. The molecule has 1 aliphatic rings. The van der Waals surface area contributed by atoms with Gasteiger partial charge in [-0.2, -0.15) is 0 Å². The van der Waals surface area contributed by atoms with Crippen LogP contribution in [-0.4, -0.2) is 36.9 Å². The van der Waals surface area contributed by atoms with E-state index >= 15 is 0 Å². The summed E-state index contributed by atoms with van der Waals surface area (Å²) in [5.74, 6) is 0.996. The molecule has 1 fully saturated rings. The highest BCUT2D eigenvalue weighted by Gasteiger charge is 2.23. The average molecular weight is 261 g/mol. The first kappa shape index (κ1) is 14.1. The van der Waals surface area contributed by atoms with E-state index in [1.54, 1.807) is 7.11 Å². The summed E-state index contributed by atoms with van der Waals surface area (Å²) in [6.45, 7) is 3.62. The Labute approximate surface area is 115 Å². The zero-order valence-corrected chi connectivity index (χ0v) is 11.9. The van der Waals surface area contributed by atoms with E-state index in [9.17, 15) is 4.79 Å². The summed E-state index contributed by atoms with van der Waals surface area (Å²) >= 11 is 0. The Morgan fingerprint density at radius 2 is 1.89 bits per heavy atom. The number of ether oxygens (including phenoxy) is 1. The number of rotatable bonds is 6. The number of hydrogen-bond donors (Lipinski definition) is 0. The predicted molar refractivity (Wildman–Crippen MR) is 76.8 cm³/mol. The van der Waals surface area contributed by atoms with Crippen LogP contribution in [0, 0.1) is 0 Å². The fraction of sp³-hybridized carbons (Fsp3) is 0.562. The molecule has 0 N–H and O–H groups in total. The molecule has 3 heteroatoms. The number of Topliss-reactive ketones (excluding diaryl/α,β-unsaturated/α-hetero) is 1. The van der Waals surface area contributed by atoms with Crippen molar-refractivity contribution in [3.05, 3.63) is 29.8 Å². The number of carbonyl (C=O) groups is 1. The van der Waals surface area contributed by atoms with Crippen molar-refractivity contribution >= 4 is 5.78 Å². The Morgan fingerprint density at radius 3 is 2.42 bits per heavy atom. The summed E-state index contributed by atoms with van der Waals surface area (Å²) in [6, 6.07) is 8.00. The van der Waals surface area contributed by atoms with Crippen LogP contribution in [0.2, 0.25) is 0 Å². The number of methoxy groups -OCH3 is 1. The summed E-state index contributed by atoms with van der Waals surface area (Å²) in [5, 5.41) is 0. The van der Waals surface area contributed by atoms with Crippen molar-refractivity contribution in [3.63, 3.8) is 0 Å². The fourth-order valence-corrected chi connectivity index (χ4v) is 2.82. The molecular formula is C16H23NO2. The SMILES string of the molecule is CCN(CC(=O)c1ccc(OC)cc1)C1CCCC1. The molecule has 2 rings (SSSR count). The highest BCUT2D eigenvalue weighted by molar-refractivity contribution is 5.97. The van der Waals surface area contributed by atoms with Gasteiger partial charge in [0, 0.05) is 11.6 Å². The number of nitrogens with zero attached hydrogens (tertiary/aromatic N) is 1. The number of carbonyl (C=O) groups excluding carboxylic acids is 1. The van der Waals surface area contributed by atoms with Gasteiger partial charge in [0.2, 0.25) is 0 Å². The van der Waals surface area contributed by atoms with Crippen molar-refractivity contribution < 1.29 is 9.53 Å². The smallest absolute Gasteiger partial charge is 0.176 e. The number of ketones is 1. The van der Waals surface area contributed by atoms with Crippen molar-refractivity contribution in [2.75, 3.05) is 20.2 Å². The van der Waals surface area contributed by atoms with Gasteiger partial charge in [0.1, 0.15) is 5.75 Å². The maximum atomic E-state index is 12.3. The van der Waals surface area contributed by atoms with E-state index < -0.39 is 0 Å². The molecule has 0 saturated heterocycles. The first-order valence-electron chi connectivity index (χ1n) is 7.16. The third-order valence-corrected chi connectivity index (χ3v) is 4.01. The topological polar surface area (TPSA) is 29.5 Å². The number of likely N-dealkylation sites (N-methyl/N-ethyl adjacent to an activating group) is 1. The normalized spacial score (nSPS) is 15.9. The highest BCUT2D eigenvalue weighted by Crippen LogP contribution is 2.23. The van der Waals surface area contributed by atoms with Gasteiger partial charge in [-0.1, -0.05) is 19.8 Å². The predicted octanol–water partition coefficient (Wildman–Crippen LogP) is 3.14. The van der Waals surface area contributed by atoms with Crippen molar-refractivity contribution in [1.29, 1.82) is 0 Å². The van der Waals surface area contributed by atoms with Crippen LogP contribution in [0.25, 0.3) is 0 Å². The summed E-state index contributed by atoms with van der Waals surface area (Å²) in [4.78, 5) is 14.6. The highest BCUT2D eigenvalue weighted by atomic mass is 16.5. The third kappa shape index (κ3) is 3.57. The maximum absolute atomic E-state index is 12.3. The Bertz CT molecular complexity index is 407. The molecule has 0 heterocycles. The lowest BCUT2D eigenvalue weighted by Crippen LogP contribution is -2.37. The molecule has 1 aliphatic carbocycles. The molecule has 1 aromatic carbocycles. The van der Waals surface area contributed by atoms with E-state index in [1.165, 1.54) is 25.7 Å². The molecule has 0 amide bonds. The van der Waals surface area contributed by atoms with Gasteiger partial charge in [-0.15, -0.1) is 0 Å². The van der Waals surface area contributed by atoms with Gasteiger partial charge >= 0.3 is 0 Å². The lowest BCUT2D eigenvalue weighted by atomic mass is 10.1. The minimum atomic E-state index is 0.205. The van der Waals surface area contributed by atoms with Gasteiger partial charge < -0.3 is 4.74 Å². The summed E-state index contributed by atoms with van der Waals surface area (Å²) in [6.07, 6.45) is 5.09. The second-order valence-electron chi connectivity index (χ2n) is 5.15. The maximum Gasteiger partial charge on any atom is 0.176 e. The molecule has 1 saturated carbocycles. The van der Waals surface area contributed by atoms with Crippen molar-refractivity contribution in [2.45, 2.75) is 38.6 Å². The van der Waals surface area contributed by atoms with Gasteiger partial charge in [-0.25, -0.2) is 0 Å². The quantitative estimate of drug-likeness (QED) is 0.737. The van der Waals surface area contributed by atoms with Crippen molar-refractivity contribution in [2.24, 2.45) is 0 Å². The van der Waals surface area contributed by atoms with Crippen LogP contribution in [0.3, 0.4) is 0 Å². The molecule has 0 unspecified atom stereocenters. The van der Waals surface area contributed by atoms with Crippen LogP contribution >= 0.6 is 0 Å². The molecule has 0 atom stereocenters. The Hall–Kier alpha value is -1.35. The molecule has 0 aliphatic heterocycles. The molecule has 0 spiro atoms. The van der Waals surface area contributed by atoms with E-state index in [1.807, 2.05) is 24.3 Å². The summed E-state index contributed by atoms with van der Waals surface area (Å²) in [5.41, 5.74) is 0.775. The molecule has 104 valence electrons. The summed E-state index contributed by atoms with van der Waals surface area (Å²) in [7, 11) is 1.63. The van der Waals surface area contributed by atoms with Crippen molar-refractivity contribution in [1.82, 2.24) is 4.90 Å². The van der Waals surface area contributed by atoms with Crippen LogP contribution < -0.4 is 4.74 Å². The van der Waals surface area contributed by atoms with Gasteiger partial charge in [0.25, 0.3) is 0 Å². The van der Waals surface area contributed by atoms with Crippen LogP contribution in [0.15, 0.2) is 24.3 Å². The van der Waals surface area contributed by atoms with E-state index in [2.05, 4.69) is 11.8 Å². The van der Waals surface area contributed by atoms with Gasteiger partial charge in [0.15, 0.2) is 5.78 Å². The second kappa shape index (κ2) is 6.71. The van der Waals surface area contributed by atoms with Gasteiger partial charge in [-0.05, 0) is 43.7 Å². The first-order chi connectivity index (χ1) is 9.24. The standard InChI is InChI=1S/C16H23NO2/c1-3-17(14-6-4-5-7-14)12-16(18)13-8-10-15(19-2)11-9-13/h8-11,14H,3-7,12H2,1-2H3. The van der Waals surface area contributed by atoms with E-state index in [4.69, 9.17) is 4.74 Å². The number of benzene rings is 1. The van der Waals surface area contributed by atoms with E-state index in [-0.39, 0.29) is 5.78 Å².